The fourth-order valence-corrected chi connectivity index (χ4v) is 6.05. The maximum absolute atomic E-state index is 11.2. The summed E-state index contributed by atoms with van der Waals surface area (Å²) in [6, 6.07) is 0. The first-order valence-corrected chi connectivity index (χ1v) is 17.3. The number of aliphatic hydroxyl groups is 2. The summed E-state index contributed by atoms with van der Waals surface area (Å²) in [6.45, 7) is 15.5. The first-order valence-electron chi connectivity index (χ1n) is 16.3. The average molecular weight is 609 g/mol. The molecule has 244 valence electrons. The molecule has 2 fully saturated rings. The Kier molecular flexibility index (Phi) is 19.6. The van der Waals surface area contributed by atoms with E-state index in [0.29, 0.717) is 33.0 Å². The molecule has 0 amide bonds. The molecule has 2 rings (SSSR count). The lowest BCUT2D eigenvalue weighted by atomic mass is 9.92. The molecule has 0 aliphatic carbocycles. The Hall–Kier alpha value is -0.0100. The third-order valence-electron chi connectivity index (χ3n) is 7.68. The molecule has 10 heteroatoms. The minimum atomic E-state index is -1.19. The molecule has 0 spiro atoms. The highest BCUT2D eigenvalue weighted by molar-refractivity contribution is 7.99. The maximum atomic E-state index is 11.2. The largest absolute Gasteiger partial charge is 0.387 e. The van der Waals surface area contributed by atoms with Crippen molar-refractivity contribution in [2.45, 2.75) is 147 Å². The van der Waals surface area contributed by atoms with E-state index in [1.165, 1.54) is 0 Å². The van der Waals surface area contributed by atoms with Crippen LogP contribution in [0.2, 0.25) is 0 Å². The van der Waals surface area contributed by atoms with Crippen molar-refractivity contribution >= 4 is 11.8 Å². The molecule has 2 aliphatic heterocycles. The lowest BCUT2D eigenvalue weighted by Gasteiger charge is -2.49. The second-order valence-corrected chi connectivity index (χ2v) is 12.6. The van der Waals surface area contributed by atoms with Crippen LogP contribution in [0.5, 0.6) is 0 Å². The van der Waals surface area contributed by atoms with Crippen LogP contribution in [0.1, 0.15) is 92.9 Å². The van der Waals surface area contributed by atoms with Crippen molar-refractivity contribution in [1.29, 1.82) is 0 Å². The molecule has 0 bridgehead atoms. The Bertz CT molecular complexity index is 643. The van der Waals surface area contributed by atoms with E-state index in [2.05, 4.69) is 41.5 Å². The number of thioether (sulfide) groups is 1. The molecular formula is C31H60O9S. The van der Waals surface area contributed by atoms with Gasteiger partial charge in [0.25, 0.3) is 0 Å². The van der Waals surface area contributed by atoms with Gasteiger partial charge in [-0.05, 0) is 31.4 Å². The minimum Gasteiger partial charge on any atom is -0.387 e. The molecule has 10 atom stereocenters. The number of hydrogen-bond donors (Lipinski definition) is 2. The van der Waals surface area contributed by atoms with Crippen LogP contribution in [0.4, 0.5) is 0 Å². The number of unbranched alkanes of at least 4 members (excludes halogenated alkanes) is 4. The fraction of sp³-hybridized carbons (Fsp3) is 1.00. The van der Waals surface area contributed by atoms with Crippen LogP contribution in [0.3, 0.4) is 0 Å². The van der Waals surface area contributed by atoms with Crippen LogP contribution < -0.4 is 0 Å². The van der Waals surface area contributed by atoms with Crippen molar-refractivity contribution in [3.05, 3.63) is 0 Å². The van der Waals surface area contributed by atoms with Crippen LogP contribution >= 0.6 is 11.8 Å². The van der Waals surface area contributed by atoms with Gasteiger partial charge in [-0.15, -0.1) is 11.8 Å². The molecule has 9 nitrogen and oxygen atoms in total. The smallest absolute Gasteiger partial charge is 0.187 e. The van der Waals surface area contributed by atoms with E-state index in [1.807, 2.05) is 0 Å². The van der Waals surface area contributed by atoms with Gasteiger partial charge in [-0.3, -0.25) is 0 Å². The summed E-state index contributed by atoms with van der Waals surface area (Å²) in [4.78, 5) is 0. The van der Waals surface area contributed by atoms with Crippen molar-refractivity contribution in [1.82, 2.24) is 0 Å². The van der Waals surface area contributed by atoms with E-state index in [-0.39, 0.29) is 30.2 Å². The van der Waals surface area contributed by atoms with E-state index in [9.17, 15) is 10.2 Å². The standard InChI is InChI=1S/C31H60O9S/c1-7-12-16-34-20-23-25(32)26(33)29(37-19-15-10-4)30(38-23)40-28-24(21-35-17-13-8-2)39-31(41-11-5)22(6)27(28)36-18-14-9-3/h22-33H,7-21H2,1-6H3/t22-,23?,24?,25?,26+,27?,28+,29-,30?,31?/m0/s1. The summed E-state index contributed by atoms with van der Waals surface area (Å²) in [5.41, 5.74) is -0.0535. The zero-order chi connectivity index (χ0) is 30.0. The number of rotatable bonds is 22. The molecule has 0 saturated carbocycles. The zero-order valence-electron chi connectivity index (χ0n) is 26.5. The van der Waals surface area contributed by atoms with Crippen molar-refractivity contribution in [2.24, 2.45) is 5.92 Å². The van der Waals surface area contributed by atoms with Crippen molar-refractivity contribution < 1.29 is 43.4 Å². The third kappa shape index (κ3) is 12.1. The van der Waals surface area contributed by atoms with Gasteiger partial charge in [-0.2, -0.15) is 0 Å². The molecule has 41 heavy (non-hydrogen) atoms. The summed E-state index contributed by atoms with van der Waals surface area (Å²) >= 11 is 1.77. The minimum absolute atomic E-state index is 0.0535. The highest BCUT2D eigenvalue weighted by atomic mass is 32.2. The Balaban J connectivity index is 2.32. The number of hydrogen-bond acceptors (Lipinski definition) is 10. The van der Waals surface area contributed by atoms with Gasteiger partial charge in [-0.25, -0.2) is 0 Å². The molecule has 0 aromatic heterocycles. The Morgan fingerprint density at radius 2 is 1.17 bits per heavy atom. The molecule has 0 aromatic rings. The third-order valence-corrected chi connectivity index (χ3v) is 8.88. The molecule has 2 N–H and O–H groups in total. The van der Waals surface area contributed by atoms with Gasteiger partial charge in [0.15, 0.2) is 6.29 Å². The number of aliphatic hydroxyl groups excluding tert-OH is 2. The Morgan fingerprint density at radius 3 is 1.73 bits per heavy atom. The van der Waals surface area contributed by atoms with Crippen molar-refractivity contribution in [3.63, 3.8) is 0 Å². The molecular weight excluding hydrogens is 548 g/mol. The van der Waals surface area contributed by atoms with Gasteiger partial charge in [-0.1, -0.05) is 67.2 Å². The molecule has 0 radical (unpaired) electrons. The summed E-state index contributed by atoms with van der Waals surface area (Å²) in [5, 5.41) is 22.1. The predicted octanol–water partition coefficient (Wildman–Crippen LogP) is 4.94. The highest BCUT2D eigenvalue weighted by Crippen LogP contribution is 2.38. The molecule has 2 heterocycles. The van der Waals surface area contributed by atoms with Crippen LogP contribution in [0.25, 0.3) is 0 Å². The summed E-state index contributed by atoms with van der Waals surface area (Å²) < 4.78 is 44.2. The monoisotopic (exact) mass is 608 g/mol. The van der Waals surface area contributed by atoms with Gasteiger partial charge >= 0.3 is 0 Å². The SMILES string of the molecule is CCCCOCC1OC(O[C@@H]2C(COCCCC)OC(SCC)[C@@H](C)C2OCCCC)[C@@H](OCCCC)[C@H](O)C1O. The quantitative estimate of drug-likeness (QED) is 0.164. The van der Waals surface area contributed by atoms with Gasteiger partial charge in [0.1, 0.15) is 42.1 Å². The van der Waals surface area contributed by atoms with E-state index in [0.717, 1.165) is 57.1 Å². The summed E-state index contributed by atoms with van der Waals surface area (Å²) in [7, 11) is 0. The fourth-order valence-electron chi connectivity index (χ4n) is 5.04. The van der Waals surface area contributed by atoms with E-state index < -0.39 is 36.8 Å². The molecule has 2 aliphatic rings. The van der Waals surface area contributed by atoms with Gasteiger partial charge in [0.2, 0.25) is 0 Å². The van der Waals surface area contributed by atoms with Gasteiger partial charge in [0.05, 0.1) is 19.3 Å². The first kappa shape index (κ1) is 37.2. The van der Waals surface area contributed by atoms with Crippen molar-refractivity contribution in [2.75, 3.05) is 45.4 Å². The van der Waals surface area contributed by atoms with Gasteiger partial charge < -0.3 is 43.4 Å². The predicted molar refractivity (Wildman–Crippen MR) is 162 cm³/mol. The molecule has 2 saturated heterocycles. The average Bonchev–Trinajstić information content (AvgIpc) is 2.96. The maximum Gasteiger partial charge on any atom is 0.187 e. The lowest BCUT2D eigenvalue weighted by Crippen LogP contribution is -2.64. The lowest BCUT2D eigenvalue weighted by molar-refractivity contribution is -0.345. The zero-order valence-corrected chi connectivity index (χ0v) is 27.4. The van der Waals surface area contributed by atoms with Crippen LogP contribution in [0.15, 0.2) is 0 Å². The molecule has 0 aromatic carbocycles. The van der Waals surface area contributed by atoms with Crippen LogP contribution in [-0.2, 0) is 33.2 Å². The van der Waals surface area contributed by atoms with E-state index in [4.69, 9.17) is 33.2 Å². The highest BCUT2D eigenvalue weighted by Gasteiger charge is 2.51. The van der Waals surface area contributed by atoms with Crippen molar-refractivity contribution in [3.8, 4) is 0 Å². The van der Waals surface area contributed by atoms with E-state index >= 15 is 0 Å². The summed E-state index contributed by atoms with van der Waals surface area (Å²) in [6.07, 6.45) is 1.65. The Morgan fingerprint density at radius 1 is 0.634 bits per heavy atom. The van der Waals surface area contributed by atoms with Crippen LogP contribution in [0, 0.1) is 5.92 Å². The normalized spacial score (nSPS) is 34.2. The topological polar surface area (TPSA) is 105 Å². The summed E-state index contributed by atoms with van der Waals surface area (Å²) in [5.74, 6) is 0.981. The second kappa shape index (κ2) is 21.7. The number of ether oxygens (including phenoxy) is 7. The Labute approximate surface area is 253 Å². The van der Waals surface area contributed by atoms with Crippen LogP contribution in [-0.4, -0.2) is 110 Å². The molecule has 6 unspecified atom stereocenters. The first-order chi connectivity index (χ1) is 19.9. The second-order valence-electron chi connectivity index (χ2n) is 11.2. The van der Waals surface area contributed by atoms with E-state index in [1.54, 1.807) is 11.8 Å². The van der Waals surface area contributed by atoms with Gasteiger partial charge in [0, 0.05) is 32.3 Å².